The second kappa shape index (κ2) is 4.53. The van der Waals surface area contributed by atoms with Gasteiger partial charge in [-0.15, -0.1) is 0 Å². The third kappa shape index (κ3) is 1.91. The Morgan fingerprint density at radius 3 is 2.53 bits per heavy atom. The molecule has 0 radical (unpaired) electrons. The summed E-state index contributed by atoms with van der Waals surface area (Å²) in [6.45, 7) is 1.52. The summed E-state index contributed by atoms with van der Waals surface area (Å²) in [7, 11) is 3.08. The Morgan fingerprint density at radius 1 is 1.32 bits per heavy atom. The van der Waals surface area contributed by atoms with Crippen molar-refractivity contribution in [3.63, 3.8) is 0 Å². The third-order valence-electron chi connectivity index (χ3n) is 4.17. The van der Waals surface area contributed by atoms with E-state index in [9.17, 15) is 4.79 Å². The minimum absolute atomic E-state index is 0.159. The van der Waals surface area contributed by atoms with Crippen molar-refractivity contribution in [3.05, 3.63) is 29.3 Å². The molecule has 1 aromatic rings. The fourth-order valence-electron chi connectivity index (χ4n) is 2.69. The normalized spacial score (nSPS) is 20.5. The maximum Gasteiger partial charge on any atom is 0.316 e. The molecule has 1 aliphatic carbocycles. The number of rotatable bonds is 4. The van der Waals surface area contributed by atoms with Crippen LogP contribution in [0.3, 0.4) is 0 Å². The first-order valence-electron chi connectivity index (χ1n) is 6.56. The molecule has 0 atom stereocenters. The molecular weight excluding hydrogens is 244 g/mol. The molecule has 0 unspecified atom stereocenters. The van der Waals surface area contributed by atoms with Gasteiger partial charge in [-0.2, -0.15) is 0 Å². The molecule has 0 aromatic heterocycles. The first-order chi connectivity index (χ1) is 9.21. The molecule has 4 nitrogen and oxygen atoms in total. The van der Waals surface area contributed by atoms with E-state index in [1.54, 1.807) is 7.11 Å². The van der Waals surface area contributed by atoms with Gasteiger partial charge in [0.2, 0.25) is 0 Å². The Hall–Kier alpha value is -1.55. The molecule has 3 rings (SSSR count). The number of hydrogen-bond donors (Lipinski definition) is 0. The predicted molar refractivity (Wildman–Crippen MR) is 69.5 cm³/mol. The number of methoxy groups -OCH3 is 2. The van der Waals surface area contributed by atoms with E-state index in [-0.39, 0.29) is 5.97 Å². The van der Waals surface area contributed by atoms with Crippen molar-refractivity contribution in [1.29, 1.82) is 0 Å². The molecule has 1 heterocycles. The summed E-state index contributed by atoms with van der Waals surface area (Å²) in [5.74, 6) is 1.05. The summed E-state index contributed by atoms with van der Waals surface area (Å²) < 4.78 is 15.6. The molecule has 0 amide bonds. The fourth-order valence-corrected chi connectivity index (χ4v) is 2.69. The average Bonchev–Trinajstić information content (AvgIpc) is 3.17. The molecule has 4 heteroatoms. The van der Waals surface area contributed by atoms with Gasteiger partial charge in [-0.1, -0.05) is 12.1 Å². The van der Waals surface area contributed by atoms with Gasteiger partial charge in [0.25, 0.3) is 0 Å². The number of esters is 1. The molecule has 19 heavy (non-hydrogen) atoms. The number of ether oxygens (including phenoxy) is 3. The van der Waals surface area contributed by atoms with Crippen LogP contribution >= 0.6 is 0 Å². The minimum atomic E-state index is -0.485. The van der Waals surface area contributed by atoms with Crippen LogP contribution in [-0.4, -0.2) is 33.4 Å². The van der Waals surface area contributed by atoms with E-state index in [1.807, 2.05) is 6.07 Å². The van der Waals surface area contributed by atoms with E-state index < -0.39 is 5.41 Å². The molecule has 2 fully saturated rings. The fraction of sp³-hybridized carbons (Fsp3) is 0.533. The van der Waals surface area contributed by atoms with Crippen LogP contribution in [0, 0.1) is 0 Å². The lowest BCUT2D eigenvalue weighted by atomic mass is 9.89. The zero-order chi connectivity index (χ0) is 13.5. The monoisotopic (exact) mass is 262 g/mol. The van der Waals surface area contributed by atoms with Crippen molar-refractivity contribution in [3.8, 4) is 5.75 Å². The van der Waals surface area contributed by atoms with Crippen molar-refractivity contribution < 1.29 is 19.0 Å². The highest BCUT2D eigenvalue weighted by Crippen LogP contribution is 2.52. The first kappa shape index (κ1) is 12.5. The summed E-state index contributed by atoms with van der Waals surface area (Å²) in [6.07, 6.45) is 1.67. The van der Waals surface area contributed by atoms with Crippen LogP contribution in [0.5, 0.6) is 5.75 Å². The van der Waals surface area contributed by atoms with Crippen LogP contribution in [-0.2, 0) is 19.7 Å². The maximum absolute atomic E-state index is 12.0. The molecule has 1 aliphatic heterocycles. The Balaban J connectivity index is 2.00. The predicted octanol–water partition coefficient (Wildman–Crippen LogP) is 2.01. The summed E-state index contributed by atoms with van der Waals surface area (Å²) >= 11 is 0. The highest BCUT2D eigenvalue weighted by atomic mass is 16.5. The van der Waals surface area contributed by atoms with Gasteiger partial charge in [0.05, 0.1) is 32.8 Å². The number of carbonyl (C=O) groups excluding carboxylic acids is 1. The van der Waals surface area contributed by atoms with E-state index >= 15 is 0 Å². The van der Waals surface area contributed by atoms with Gasteiger partial charge in [0, 0.05) is 11.5 Å². The quantitative estimate of drug-likeness (QED) is 0.779. The Morgan fingerprint density at radius 2 is 2.05 bits per heavy atom. The van der Waals surface area contributed by atoms with Crippen molar-refractivity contribution in [2.24, 2.45) is 0 Å². The molecule has 1 saturated heterocycles. The minimum Gasteiger partial charge on any atom is -0.496 e. The van der Waals surface area contributed by atoms with E-state index in [0.29, 0.717) is 5.92 Å². The Kier molecular flexibility index (Phi) is 2.97. The van der Waals surface area contributed by atoms with Crippen LogP contribution in [0.25, 0.3) is 0 Å². The van der Waals surface area contributed by atoms with Crippen LogP contribution in [0.1, 0.15) is 29.9 Å². The maximum atomic E-state index is 12.0. The van der Waals surface area contributed by atoms with Crippen LogP contribution < -0.4 is 4.74 Å². The number of benzene rings is 1. The molecule has 0 N–H and O–H groups in total. The van der Waals surface area contributed by atoms with E-state index in [2.05, 4.69) is 12.1 Å². The van der Waals surface area contributed by atoms with E-state index in [4.69, 9.17) is 14.2 Å². The summed E-state index contributed by atoms with van der Waals surface area (Å²) in [4.78, 5) is 12.0. The van der Waals surface area contributed by atoms with Gasteiger partial charge in [-0.3, -0.25) is 4.79 Å². The lowest BCUT2D eigenvalue weighted by Gasteiger charge is -2.28. The molecule has 1 saturated carbocycles. The van der Waals surface area contributed by atoms with Crippen LogP contribution in [0.15, 0.2) is 18.2 Å². The molecular formula is C15H18O4. The van der Waals surface area contributed by atoms with Crippen molar-refractivity contribution >= 4 is 5.97 Å². The zero-order valence-electron chi connectivity index (χ0n) is 11.3. The molecule has 1 aromatic carbocycles. The third-order valence-corrected chi connectivity index (χ3v) is 4.17. The van der Waals surface area contributed by atoms with Gasteiger partial charge >= 0.3 is 5.97 Å². The molecule has 2 aliphatic rings. The van der Waals surface area contributed by atoms with E-state index in [1.165, 1.54) is 12.7 Å². The van der Waals surface area contributed by atoms with Gasteiger partial charge in [-0.05, 0) is 24.5 Å². The van der Waals surface area contributed by atoms with Crippen LogP contribution in [0.4, 0.5) is 0 Å². The Labute approximate surface area is 112 Å². The molecule has 0 bridgehead atoms. The molecule has 0 spiro atoms. The lowest BCUT2D eigenvalue weighted by molar-refractivity contribution is -0.143. The second-order valence-electron chi connectivity index (χ2n) is 5.27. The van der Waals surface area contributed by atoms with Crippen molar-refractivity contribution in [2.75, 3.05) is 27.4 Å². The largest absolute Gasteiger partial charge is 0.496 e. The van der Waals surface area contributed by atoms with Crippen molar-refractivity contribution in [1.82, 2.24) is 0 Å². The van der Waals surface area contributed by atoms with Crippen molar-refractivity contribution in [2.45, 2.75) is 24.2 Å². The highest BCUT2D eigenvalue weighted by molar-refractivity contribution is 5.87. The standard InChI is InChI=1S/C15H18O4/c1-17-13-4-3-10(11-8-19-9-11)7-12(13)15(5-6-15)14(16)18-2/h3-4,7,11H,5-6,8-9H2,1-2H3. The summed E-state index contributed by atoms with van der Waals surface area (Å²) in [5, 5.41) is 0. The summed E-state index contributed by atoms with van der Waals surface area (Å²) in [6, 6.07) is 6.10. The first-order valence-corrected chi connectivity index (χ1v) is 6.56. The van der Waals surface area contributed by atoms with Gasteiger partial charge < -0.3 is 14.2 Å². The number of hydrogen-bond acceptors (Lipinski definition) is 4. The zero-order valence-corrected chi connectivity index (χ0v) is 11.3. The SMILES string of the molecule is COC(=O)C1(c2cc(C3COC3)ccc2OC)CC1. The van der Waals surface area contributed by atoms with Gasteiger partial charge in [0.1, 0.15) is 5.75 Å². The summed E-state index contributed by atoms with van der Waals surface area (Å²) in [5.41, 5.74) is 1.70. The van der Waals surface area contributed by atoms with E-state index in [0.717, 1.165) is 37.4 Å². The van der Waals surface area contributed by atoms with Gasteiger partial charge in [-0.25, -0.2) is 0 Å². The Bertz CT molecular complexity index is 501. The lowest BCUT2D eigenvalue weighted by Crippen LogP contribution is -2.27. The average molecular weight is 262 g/mol. The topological polar surface area (TPSA) is 44.8 Å². The molecule has 102 valence electrons. The van der Waals surface area contributed by atoms with Gasteiger partial charge in [0.15, 0.2) is 0 Å². The highest BCUT2D eigenvalue weighted by Gasteiger charge is 2.54. The second-order valence-corrected chi connectivity index (χ2v) is 5.27. The van der Waals surface area contributed by atoms with Crippen LogP contribution in [0.2, 0.25) is 0 Å². The number of carbonyl (C=O) groups is 1. The smallest absolute Gasteiger partial charge is 0.316 e.